The summed E-state index contributed by atoms with van der Waals surface area (Å²) < 4.78 is 10.3. The lowest BCUT2D eigenvalue weighted by Gasteiger charge is -2.13. The summed E-state index contributed by atoms with van der Waals surface area (Å²) in [7, 11) is 1.77. The first-order chi connectivity index (χ1) is 8.38. The molecule has 1 aromatic rings. The summed E-state index contributed by atoms with van der Waals surface area (Å²) in [6, 6.07) is 1.94. The fourth-order valence-corrected chi connectivity index (χ4v) is 1.78. The summed E-state index contributed by atoms with van der Waals surface area (Å²) in [5.74, 6) is 1.42. The van der Waals surface area contributed by atoms with E-state index in [2.05, 4.69) is 15.6 Å². The summed E-state index contributed by atoms with van der Waals surface area (Å²) in [4.78, 5) is 4.17. The summed E-state index contributed by atoms with van der Waals surface area (Å²) in [6.45, 7) is 3.36. The number of hydrogen-bond donors (Lipinski definition) is 2. The normalized spacial score (nSPS) is 20.5. The van der Waals surface area contributed by atoms with Crippen LogP contribution in [0.5, 0.6) is 0 Å². The maximum absolute atomic E-state index is 5.33. The zero-order chi connectivity index (χ0) is 11.9. The van der Waals surface area contributed by atoms with Crippen LogP contribution in [-0.4, -0.2) is 32.8 Å². The highest BCUT2D eigenvalue weighted by Crippen LogP contribution is 2.10. The van der Waals surface area contributed by atoms with E-state index in [1.54, 1.807) is 19.6 Å². The Balaban J connectivity index is 1.69. The van der Waals surface area contributed by atoms with E-state index in [-0.39, 0.29) is 0 Å². The Kier molecular flexibility index (Phi) is 4.44. The lowest BCUT2D eigenvalue weighted by Crippen LogP contribution is -2.39. The molecule has 0 amide bonds. The third kappa shape index (κ3) is 3.78. The van der Waals surface area contributed by atoms with Gasteiger partial charge in [0, 0.05) is 38.2 Å². The second kappa shape index (κ2) is 6.30. The average Bonchev–Trinajstić information content (AvgIpc) is 3.02. The molecular weight excluding hydrogens is 218 g/mol. The Bertz CT molecular complexity index is 343. The fourth-order valence-electron chi connectivity index (χ4n) is 1.78. The number of ether oxygens (including phenoxy) is 1. The zero-order valence-corrected chi connectivity index (χ0v) is 10.1. The Labute approximate surface area is 101 Å². The van der Waals surface area contributed by atoms with Crippen LogP contribution in [-0.2, 0) is 11.3 Å². The van der Waals surface area contributed by atoms with Crippen molar-refractivity contribution in [2.45, 2.75) is 13.0 Å². The third-order valence-electron chi connectivity index (χ3n) is 2.85. The van der Waals surface area contributed by atoms with Crippen LogP contribution in [0.2, 0.25) is 0 Å². The minimum atomic E-state index is 0.600. The van der Waals surface area contributed by atoms with Gasteiger partial charge in [0.1, 0.15) is 0 Å². The van der Waals surface area contributed by atoms with E-state index in [1.807, 2.05) is 6.07 Å². The first-order valence-electron chi connectivity index (χ1n) is 5.92. The van der Waals surface area contributed by atoms with E-state index in [9.17, 15) is 0 Å². The van der Waals surface area contributed by atoms with Gasteiger partial charge in [0.25, 0.3) is 0 Å². The molecule has 1 fully saturated rings. The van der Waals surface area contributed by atoms with E-state index in [0.717, 1.165) is 44.2 Å². The smallest absolute Gasteiger partial charge is 0.191 e. The highest BCUT2D eigenvalue weighted by molar-refractivity contribution is 5.79. The van der Waals surface area contributed by atoms with Crippen LogP contribution in [0.25, 0.3) is 0 Å². The minimum Gasteiger partial charge on any atom is -0.472 e. The van der Waals surface area contributed by atoms with E-state index in [1.165, 1.54) is 0 Å². The fraction of sp³-hybridized carbons (Fsp3) is 0.583. The first kappa shape index (κ1) is 12.0. The largest absolute Gasteiger partial charge is 0.472 e. The van der Waals surface area contributed by atoms with Gasteiger partial charge in [0.2, 0.25) is 0 Å². The minimum absolute atomic E-state index is 0.600. The predicted molar refractivity (Wildman–Crippen MR) is 65.8 cm³/mol. The monoisotopic (exact) mass is 237 g/mol. The zero-order valence-electron chi connectivity index (χ0n) is 10.1. The molecule has 0 saturated carbocycles. The molecule has 0 spiro atoms. The molecule has 0 bridgehead atoms. The van der Waals surface area contributed by atoms with Crippen molar-refractivity contribution in [3.05, 3.63) is 24.2 Å². The summed E-state index contributed by atoms with van der Waals surface area (Å²) in [5.41, 5.74) is 1.11. The lowest BCUT2D eigenvalue weighted by molar-refractivity contribution is 0.186. The number of furan rings is 1. The van der Waals surface area contributed by atoms with Gasteiger partial charge in [-0.2, -0.15) is 0 Å². The number of hydrogen-bond acceptors (Lipinski definition) is 3. The van der Waals surface area contributed by atoms with Crippen molar-refractivity contribution in [3.63, 3.8) is 0 Å². The third-order valence-corrected chi connectivity index (χ3v) is 2.85. The second-order valence-electron chi connectivity index (χ2n) is 4.17. The van der Waals surface area contributed by atoms with Crippen molar-refractivity contribution in [2.24, 2.45) is 10.9 Å². The molecule has 1 aliphatic rings. The number of aliphatic imine (C=N–C) groups is 1. The predicted octanol–water partition coefficient (Wildman–Crippen LogP) is 0.981. The molecule has 1 atom stereocenters. The highest BCUT2D eigenvalue weighted by atomic mass is 16.5. The molecule has 0 aliphatic carbocycles. The molecule has 17 heavy (non-hydrogen) atoms. The highest BCUT2D eigenvalue weighted by Gasteiger charge is 2.15. The van der Waals surface area contributed by atoms with Gasteiger partial charge in [-0.1, -0.05) is 0 Å². The van der Waals surface area contributed by atoms with E-state index in [0.29, 0.717) is 5.92 Å². The molecule has 5 heteroatoms. The molecule has 2 heterocycles. The molecule has 94 valence electrons. The second-order valence-corrected chi connectivity index (χ2v) is 4.17. The summed E-state index contributed by atoms with van der Waals surface area (Å²) in [5, 5.41) is 6.54. The van der Waals surface area contributed by atoms with Crippen LogP contribution in [0, 0.1) is 5.92 Å². The summed E-state index contributed by atoms with van der Waals surface area (Å²) in [6.07, 6.45) is 4.53. The van der Waals surface area contributed by atoms with Crippen molar-refractivity contribution in [2.75, 3.05) is 26.8 Å². The van der Waals surface area contributed by atoms with E-state index >= 15 is 0 Å². The Morgan fingerprint density at radius 2 is 2.47 bits per heavy atom. The van der Waals surface area contributed by atoms with Gasteiger partial charge in [-0.15, -0.1) is 0 Å². The van der Waals surface area contributed by atoms with Gasteiger partial charge < -0.3 is 19.8 Å². The van der Waals surface area contributed by atoms with Gasteiger partial charge in [0.15, 0.2) is 5.96 Å². The van der Waals surface area contributed by atoms with Crippen LogP contribution >= 0.6 is 0 Å². The van der Waals surface area contributed by atoms with Crippen molar-refractivity contribution in [1.82, 2.24) is 10.6 Å². The number of nitrogens with one attached hydrogen (secondary N) is 2. The van der Waals surface area contributed by atoms with Gasteiger partial charge in [0.05, 0.1) is 19.1 Å². The standard InChI is InChI=1S/C12H19N3O2/c1-13-12(14-6-10-2-4-16-8-10)15-7-11-3-5-17-9-11/h2,4,8,11H,3,5-7,9H2,1H3,(H2,13,14,15). The van der Waals surface area contributed by atoms with Gasteiger partial charge in [-0.25, -0.2) is 0 Å². The molecule has 1 saturated heterocycles. The van der Waals surface area contributed by atoms with Crippen molar-refractivity contribution in [3.8, 4) is 0 Å². The molecular formula is C12H19N3O2. The van der Waals surface area contributed by atoms with Crippen LogP contribution in [0.3, 0.4) is 0 Å². The molecule has 5 nitrogen and oxygen atoms in total. The molecule has 1 aliphatic heterocycles. The van der Waals surface area contributed by atoms with Crippen molar-refractivity contribution < 1.29 is 9.15 Å². The topological polar surface area (TPSA) is 58.8 Å². The Morgan fingerprint density at radius 1 is 1.53 bits per heavy atom. The maximum Gasteiger partial charge on any atom is 0.191 e. The van der Waals surface area contributed by atoms with E-state index < -0.39 is 0 Å². The van der Waals surface area contributed by atoms with Crippen LogP contribution < -0.4 is 10.6 Å². The number of rotatable bonds is 4. The maximum atomic E-state index is 5.33. The van der Waals surface area contributed by atoms with E-state index in [4.69, 9.17) is 9.15 Å². The Hall–Kier alpha value is -1.49. The van der Waals surface area contributed by atoms with Gasteiger partial charge in [-0.3, -0.25) is 4.99 Å². The van der Waals surface area contributed by atoms with Crippen molar-refractivity contribution >= 4 is 5.96 Å². The number of guanidine groups is 1. The molecule has 1 unspecified atom stereocenters. The molecule has 0 radical (unpaired) electrons. The number of nitrogens with zero attached hydrogens (tertiary/aromatic N) is 1. The van der Waals surface area contributed by atoms with Crippen LogP contribution in [0.15, 0.2) is 28.0 Å². The summed E-state index contributed by atoms with van der Waals surface area (Å²) >= 11 is 0. The molecule has 0 aromatic carbocycles. The first-order valence-corrected chi connectivity index (χ1v) is 5.92. The van der Waals surface area contributed by atoms with Crippen molar-refractivity contribution in [1.29, 1.82) is 0 Å². The quantitative estimate of drug-likeness (QED) is 0.605. The molecule has 2 N–H and O–H groups in total. The van der Waals surface area contributed by atoms with Crippen LogP contribution in [0.1, 0.15) is 12.0 Å². The SMILES string of the molecule is CN=C(NCc1ccoc1)NCC1CCOC1. The van der Waals surface area contributed by atoms with Crippen LogP contribution in [0.4, 0.5) is 0 Å². The Morgan fingerprint density at radius 3 is 3.12 bits per heavy atom. The van der Waals surface area contributed by atoms with Gasteiger partial charge >= 0.3 is 0 Å². The lowest BCUT2D eigenvalue weighted by atomic mass is 10.1. The molecule has 1 aromatic heterocycles. The van der Waals surface area contributed by atoms with Gasteiger partial charge in [-0.05, 0) is 12.5 Å². The molecule has 2 rings (SSSR count). The average molecular weight is 237 g/mol.